The van der Waals surface area contributed by atoms with E-state index < -0.39 is 153 Å². The largest absolute Gasteiger partial charge is 0.481 e. The number of fused-ring (bicyclic) bond motifs is 1. The lowest BCUT2D eigenvalue weighted by Gasteiger charge is -2.30. The number of anilines is 2. The van der Waals surface area contributed by atoms with E-state index in [-0.39, 0.29) is 29.2 Å². The normalized spacial score (nSPS) is 16.0. The predicted octanol–water partition coefficient (Wildman–Crippen LogP) is -6.12. The number of aliphatic carboxylic acids is 2. The van der Waals surface area contributed by atoms with Crippen molar-refractivity contribution in [2.75, 3.05) is 31.3 Å². The van der Waals surface area contributed by atoms with Crippen molar-refractivity contribution in [2.45, 2.75) is 87.4 Å². The molecule has 2 aromatic heterocycles. The van der Waals surface area contributed by atoms with Gasteiger partial charge in [-0.1, -0.05) is 0 Å². The summed E-state index contributed by atoms with van der Waals surface area (Å²) in [6, 6.07) is 1.85. The van der Waals surface area contributed by atoms with Gasteiger partial charge in [-0.25, -0.2) is 14.8 Å². The number of rotatable bonds is 27. The van der Waals surface area contributed by atoms with Crippen LogP contribution in [-0.4, -0.2) is 181 Å². The number of Topliss-reactive ketones (excluding diaryl/α,β-unsaturated/α-hetero) is 2. The minimum atomic E-state index is -2.40. The molecule has 3 aromatic rings. The Morgan fingerprint density at radius 3 is 1.88 bits per heavy atom. The molecule has 0 saturated heterocycles. The summed E-state index contributed by atoms with van der Waals surface area (Å²) < 4.78 is 0. The van der Waals surface area contributed by atoms with Crippen molar-refractivity contribution < 1.29 is 84.6 Å². The van der Waals surface area contributed by atoms with Gasteiger partial charge in [-0.05, 0) is 30.7 Å². The third-order valence-corrected chi connectivity index (χ3v) is 9.98. The van der Waals surface area contributed by atoms with Crippen molar-refractivity contribution in [2.24, 2.45) is 11.8 Å². The molecule has 0 aliphatic rings. The third-order valence-electron chi connectivity index (χ3n) is 9.98. The third kappa shape index (κ3) is 15.0. The summed E-state index contributed by atoms with van der Waals surface area (Å²) in [4.78, 5) is 116. The van der Waals surface area contributed by atoms with E-state index in [9.17, 15) is 84.3 Å². The number of benzene rings is 1. The van der Waals surface area contributed by atoms with Gasteiger partial charge in [-0.15, -0.1) is 0 Å². The molecular weight excluding hydrogens is 870 g/mol. The quantitative estimate of drug-likeness (QED) is 0.0338. The minimum Gasteiger partial charge on any atom is -0.481 e. The minimum absolute atomic E-state index is 0.00866. The average Bonchev–Trinajstić information content (AvgIpc) is 3.28. The summed E-state index contributed by atoms with van der Waals surface area (Å²) in [6.45, 7) is -2.14. The molecule has 0 aliphatic carbocycles. The molecule has 2 heterocycles. The highest BCUT2D eigenvalue weighted by Crippen LogP contribution is 2.22. The number of nitrogens with two attached hydrogens (primary N) is 1. The van der Waals surface area contributed by atoms with Crippen molar-refractivity contribution in [1.29, 1.82) is 0 Å². The van der Waals surface area contributed by atoms with Crippen LogP contribution in [0.3, 0.4) is 0 Å². The maximum atomic E-state index is 13.6. The van der Waals surface area contributed by atoms with Crippen molar-refractivity contribution in [3.63, 3.8) is 0 Å². The van der Waals surface area contributed by atoms with Gasteiger partial charge in [0, 0.05) is 37.6 Å². The first kappa shape index (κ1) is 52.8. The lowest BCUT2D eigenvalue weighted by molar-refractivity contribution is -0.147. The number of aromatic nitrogens is 4. The van der Waals surface area contributed by atoms with E-state index in [0.717, 1.165) is 7.05 Å². The molecule has 0 fully saturated rings. The van der Waals surface area contributed by atoms with E-state index in [4.69, 9.17) is 10.8 Å². The van der Waals surface area contributed by atoms with E-state index >= 15 is 0 Å². The van der Waals surface area contributed by atoms with Gasteiger partial charge < -0.3 is 78.1 Å². The van der Waals surface area contributed by atoms with Gasteiger partial charge in [0.1, 0.15) is 36.2 Å². The van der Waals surface area contributed by atoms with Gasteiger partial charge in [0.05, 0.1) is 68.2 Å². The van der Waals surface area contributed by atoms with Crippen LogP contribution in [0.25, 0.3) is 11.2 Å². The second-order valence-corrected chi connectivity index (χ2v) is 14.7. The number of ketones is 2. The van der Waals surface area contributed by atoms with Crippen LogP contribution in [0.2, 0.25) is 0 Å². The Labute approximate surface area is 366 Å². The molecule has 27 nitrogen and oxygen atoms in total. The van der Waals surface area contributed by atoms with Gasteiger partial charge in [-0.2, -0.15) is 4.98 Å². The van der Waals surface area contributed by atoms with Gasteiger partial charge in [0.2, 0.25) is 17.8 Å². The summed E-state index contributed by atoms with van der Waals surface area (Å²) in [5.41, 5.74) is 5.75. The SMILES string of the molecule is CNC(=O)[C@@H](CC(=O)[C@H](CC(=O)O)NC(=O)[C@@H](CC(=O)CC[C@H](NC(=O)c1ccc(NCc2cnc3nc(N)[nH]c(=O)c3n2)cc1)C(=O)O)[C@@H](O)[C@H](O)[C@H](O)CO)[C@@H](O)[C@H](O)[C@H](O)CO. The fraction of sp³-hybridized carbons (Fsp3) is 0.500. The number of hydrogen-bond acceptors (Lipinski definition) is 21. The standard InChI is InChI=1S/C38H51N9O18/c1-40-34(61)20(29(57)31(59)25(53)14-49)9-23(51)22(10-26(54)55)45-35(62)19(28(56)30(58)24(52)13-48)8-18(50)6-7-21(37(64)65)44-33(60)15-2-4-16(5-3-15)41-11-17-12-42-32-27(43-17)36(63)47-38(39)46-32/h2-5,12,19-22,24-25,28-31,41,48-49,52-53,56-59H,6-11,13-14H2,1H3,(H,40,61)(H,44,60)(H,45,62)(H,54,55)(H,64,65)(H3,39,42,46,47,63)/t19-,20-,21-,22-,24+,25+,28+,29+,30+,31+/m0/s1. The van der Waals surface area contributed by atoms with Gasteiger partial charge in [0.15, 0.2) is 16.9 Å². The zero-order chi connectivity index (χ0) is 48.7. The predicted molar refractivity (Wildman–Crippen MR) is 219 cm³/mol. The smallest absolute Gasteiger partial charge is 0.326 e. The molecular formula is C38H51N9O18. The molecule has 1 aromatic carbocycles. The van der Waals surface area contributed by atoms with E-state index in [0.29, 0.717) is 11.4 Å². The maximum absolute atomic E-state index is 13.6. The van der Waals surface area contributed by atoms with E-state index in [1.54, 1.807) is 0 Å². The Morgan fingerprint density at radius 1 is 0.754 bits per heavy atom. The maximum Gasteiger partial charge on any atom is 0.326 e. The molecule has 0 spiro atoms. The lowest BCUT2D eigenvalue weighted by Crippen LogP contribution is -2.53. The van der Waals surface area contributed by atoms with Crippen LogP contribution < -0.4 is 32.6 Å². The van der Waals surface area contributed by atoms with Crippen LogP contribution in [-0.2, 0) is 35.3 Å². The number of carboxylic acid groups (broad SMARTS) is 2. The number of nitrogens with one attached hydrogen (secondary N) is 5. The first-order chi connectivity index (χ1) is 30.6. The number of carbonyl (C=O) groups is 7. The number of aromatic amines is 1. The Balaban J connectivity index is 1.72. The highest BCUT2D eigenvalue weighted by atomic mass is 16.4. The fourth-order valence-corrected chi connectivity index (χ4v) is 6.27. The number of nitrogen functional groups attached to an aromatic ring is 1. The van der Waals surface area contributed by atoms with Crippen LogP contribution in [0.1, 0.15) is 48.2 Å². The summed E-state index contributed by atoms with van der Waals surface area (Å²) in [7, 11) is 1.08. The van der Waals surface area contributed by atoms with Crippen LogP contribution in [0.5, 0.6) is 0 Å². The van der Waals surface area contributed by atoms with E-state index in [1.165, 1.54) is 30.5 Å². The zero-order valence-corrected chi connectivity index (χ0v) is 34.5. The summed E-state index contributed by atoms with van der Waals surface area (Å²) in [5, 5.41) is 109. The van der Waals surface area contributed by atoms with E-state index in [1.807, 2.05) is 5.32 Å². The average molecular weight is 922 g/mol. The Morgan fingerprint density at radius 2 is 1.34 bits per heavy atom. The van der Waals surface area contributed by atoms with Crippen LogP contribution in [0.4, 0.5) is 11.6 Å². The monoisotopic (exact) mass is 921 g/mol. The number of H-pyrrole nitrogens is 1. The number of nitrogens with zero attached hydrogens (tertiary/aromatic N) is 3. The molecule has 65 heavy (non-hydrogen) atoms. The first-order valence-electron chi connectivity index (χ1n) is 19.6. The molecule has 0 saturated carbocycles. The molecule has 3 rings (SSSR count). The Hall–Kier alpha value is -6.59. The molecule has 0 radical (unpaired) electrons. The van der Waals surface area contributed by atoms with E-state index in [2.05, 4.69) is 35.9 Å². The van der Waals surface area contributed by atoms with Gasteiger partial charge >= 0.3 is 11.9 Å². The number of hydrogen-bond donors (Lipinski definition) is 16. The Kier molecular flexibility index (Phi) is 19.9. The molecule has 0 aliphatic heterocycles. The van der Waals surface area contributed by atoms with Crippen LogP contribution >= 0.6 is 0 Å². The molecule has 17 N–H and O–H groups in total. The van der Waals surface area contributed by atoms with Crippen LogP contribution in [0.15, 0.2) is 35.3 Å². The number of carboxylic acids is 2. The van der Waals surface area contributed by atoms with Crippen molar-refractivity contribution in [3.05, 3.63) is 52.1 Å². The second kappa shape index (κ2) is 24.5. The fourth-order valence-electron chi connectivity index (χ4n) is 6.27. The first-order valence-corrected chi connectivity index (χ1v) is 19.6. The Bertz CT molecular complexity index is 2230. The zero-order valence-electron chi connectivity index (χ0n) is 34.5. The lowest BCUT2D eigenvalue weighted by atomic mass is 9.86. The molecule has 3 amide bonds. The van der Waals surface area contributed by atoms with Crippen LogP contribution in [0, 0.1) is 11.8 Å². The highest BCUT2D eigenvalue weighted by Gasteiger charge is 2.41. The van der Waals surface area contributed by atoms with Crippen molar-refractivity contribution in [3.8, 4) is 0 Å². The summed E-state index contributed by atoms with van der Waals surface area (Å²) in [6.07, 6.45) is -16.5. The van der Waals surface area contributed by atoms with Gasteiger partial charge in [0.25, 0.3) is 11.5 Å². The molecule has 0 bridgehead atoms. The molecule has 0 unspecified atom stereocenters. The molecule has 356 valence electrons. The van der Waals surface area contributed by atoms with Crippen molar-refractivity contribution >= 4 is 64.0 Å². The summed E-state index contributed by atoms with van der Waals surface area (Å²) in [5.74, 6) is -13.1. The number of amides is 3. The number of aliphatic hydroxyl groups excluding tert-OH is 8. The molecule has 10 atom stereocenters. The topological polar surface area (TPSA) is 467 Å². The number of carbonyl (C=O) groups excluding carboxylic acids is 5. The summed E-state index contributed by atoms with van der Waals surface area (Å²) >= 11 is 0. The van der Waals surface area contributed by atoms with Gasteiger partial charge in [-0.3, -0.25) is 38.5 Å². The number of aliphatic hydroxyl groups is 8. The molecule has 27 heteroatoms. The second-order valence-electron chi connectivity index (χ2n) is 14.7. The van der Waals surface area contributed by atoms with Crippen molar-refractivity contribution in [1.82, 2.24) is 35.9 Å². The highest BCUT2D eigenvalue weighted by molar-refractivity contribution is 5.98.